The number of aromatic nitrogens is 3. The summed E-state index contributed by atoms with van der Waals surface area (Å²) in [6.45, 7) is 2.36. The van der Waals surface area contributed by atoms with Gasteiger partial charge in [0.05, 0.1) is 5.25 Å². The fourth-order valence-electron chi connectivity index (χ4n) is 3.73. The first-order valence-electron chi connectivity index (χ1n) is 10.8. The lowest BCUT2D eigenvalue weighted by molar-refractivity contribution is 0.0995. The summed E-state index contributed by atoms with van der Waals surface area (Å²) in [6.07, 6.45) is 3.62. The number of hydrogen-bond donors (Lipinski definition) is 3. The van der Waals surface area contributed by atoms with Crippen LogP contribution in [0.2, 0.25) is 0 Å². The van der Waals surface area contributed by atoms with Gasteiger partial charge in [0.15, 0.2) is 11.5 Å². The average Bonchev–Trinajstić information content (AvgIpc) is 3.68. The lowest BCUT2D eigenvalue weighted by atomic mass is 10.2. The number of nitrogens with zero attached hydrogens (tertiary/aromatic N) is 5. The topological polar surface area (TPSA) is 146 Å². The maximum absolute atomic E-state index is 12.4. The zero-order valence-electron chi connectivity index (χ0n) is 17.6. The molecule has 0 unspecified atom stereocenters. The number of nitrogens with one attached hydrogen (secondary N) is 2. The van der Waals surface area contributed by atoms with Gasteiger partial charge in [0.25, 0.3) is 5.91 Å². The van der Waals surface area contributed by atoms with E-state index in [0.717, 1.165) is 37.1 Å². The van der Waals surface area contributed by atoms with E-state index in [2.05, 4.69) is 30.7 Å². The van der Waals surface area contributed by atoms with Crippen molar-refractivity contribution in [3.8, 4) is 0 Å². The number of rotatable bonds is 8. The predicted molar refractivity (Wildman–Crippen MR) is 120 cm³/mol. The maximum Gasteiger partial charge on any atom is 0.273 e. The van der Waals surface area contributed by atoms with E-state index in [9.17, 15) is 13.2 Å². The summed E-state index contributed by atoms with van der Waals surface area (Å²) < 4.78 is 26.4. The van der Waals surface area contributed by atoms with Crippen molar-refractivity contribution in [2.75, 3.05) is 41.7 Å². The Labute approximate surface area is 186 Å². The Morgan fingerprint density at radius 2 is 1.69 bits per heavy atom. The minimum Gasteiger partial charge on any atom is -0.369 e. The van der Waals surface area contributed by atoms with Gasteiger partial charge < -0.3 is 21.3 Å². The summed E-state index contributed by atoms with van der Waals surface area (Å²) in [4.78, 5) is 18.1. The normalized spacial score (nSPS) is 19.6. The van der Waals surface area contributed by atoms with Gasteiger partial charge in [-0.15, -0.1) is 10.2 Å². The largest absolute Gasteiger partial charge is 0.369 e. The highest BCUT2D eigenvalue weighted by molar-refractivity contribution is 7.90. The fraction of sp³-hybridized carbons (Fsp3) is 0.500. The molecule has 1 saturated heterocycles. The van der Waals surface area contributed by atoms with Gasteiger partial charge in [0.2, 0.25) is 16.0 Å². The minimum absolute atomic E-state index is 0.0284. The Bertz CT molecular complexity index is 1110. The summed E-state index contributed by atoms with van der Waals surface area (Å²) in [7, 11) is -3.11. The molecule has 4 N–H and O–H groups in total. The molecule has 0 atom stereocenters. The first-order valence-corrected chi connectivity index (χ1v) is 12.3. The summed E-state index contributed by atoms with van der Waals surface area (Å²) in [5, 5.41) is 14.0. The van der Waals surface area contributed by atoms with E-state index in [1.165, 1.54) is 0 Å². The van der Waals surface area contributed by atoms with Gasteiger partial charge in [-0.05, 0) is 49.9 Å². The molecule has 32 heavy (non-hydrogen) atoms. The van der Waals surface area contributed by atoms with E-state index in [1.54, 1.807) is 4.31 Å². The zero-order valence-corrected chi connectivity index (χ0v) is 18.4. The van der Waals surface area contributed by atoms with E-state index in [0.29, 0.717) is 32.0 Å². The van der Waals surface area contributed by atoms with Crippen LogP contribution in [-0.2, 0) is 10.0 Å². The summed E-state index contributed by atoms with van der Waals surface area (Å²) >= 11 is 0. The predicted octanol–water partition coefficient (Wildman–Crippen LogP) is 0.903. The van der Waals surface area contributed by atoms with Crippen molar-refractivity contribution in [3.05, 3.63) is 30.0 Å². The number of benzene rings is 1. The second-order valence-electron chi connectivity index (χ2n) is 8.42. The molecule has 1 aliphatic heterocycles. The van der Waals surface area contributed by atoms with E-state index >= 15 is 0 Å². The molecule has 2 aromatic rings. The van der Waals surface area contributed by atoms with Crippen LogP contribution < -0.4 is 21.3 Å². The van der Waals surface area contributed by atoms with Gasteiger partial charge in [-0.2, -0.15) is 9.29 Å². The highest BCUT2D eigenvalue weighted by Crippen LogP contribution is 2.32. The summed E-state index contributed by atoms with van der Waals surface area (Å²) in [5.41, 5.74) is 7.20. The van der Waals surface area contributed by atoms with E-state index in [-0.39, 0.29) is 22.9 Å². The zero-order chi connectivity index (χ0) is 22.3. The molecule has 1 amide bonds. The van der Waals surface area contributed by atoms with Crippen LogP contribution in [0.25, 0.3) is 0 Å². The quantitative estimate of drug-likeness (QED) is 0.525. The molecule has 0 radical (unpaired) electrons. The molecule has 3 fully saturated rings. The Balaban J connectivity index is 1.22. The molecule has 170 valence electrons. The number of carbonyl (C=O) groups excluding carboxylic acids is 1. The summed E-state index contributed by atoms with van der Waals surface area (Å²) in [5.74, 6) is -0.0629. The first kappa shape index (κ1) is 20.9. The van der Waals surface area contributed by atoms with E-state index in [4.69, 9.17) is 5.73 Å². The number of piperazine rings is 1. The van der Waals surface area contributed by atoms with Crippen LogP contribution >= 0.6 is 0 Å². The van der Waals surface area contributed by atoms with Crippen molar-refractivity contribution < 1.29 is 13.2 Å². The lowest BCUT2D eigenvalue weighted by Gasteiger charge is -2.35. The van der Waals surface area contributed by atoms with Crippen LogP contribution in [-0.4, -0.2) is 71.3 Å². The fourth-order valence-corrected chi connectivity index (χ4v) is 5.55. The third kappa shape index (κ3) is 4.46. The molecule has 1 aromatic carbocycles. The molecule has 1 aromatic heterocycles. The molecule has 0 bridgehead atoms. The standard InChI is InChI=1S/C20H26N8O3S/c21-18(29)17-19(22-13-1-2-13)24-20(26-25-17)23-14-3-5-15(6-4-14)27-9-11-28(12-10-27)32(30,31)16-7-8-16/h3-6,13,16H,1-2,7-12H2,(H2,21,29)(H2,22,23,24,26). The van der Waals surface area contributed by atoms with Crippen molar-refractivity contribution in [2.45, 2.75) is 37.0 Å². The number of anilines is 4. The van der Waals surface area contributed by atoms with Crippen LogP contribution in [0.4, 0.5) is 23.1 Å². The number of carbonyl (C=O) groups is 1. The molecule has 5 rings (SSSR count). The molecule has 3 aliphatic rings. The van der Waals surface area contributed by atoms with Crippen LogP contribution in [0.15, 0.2) is 24.3 Å². The molecular weight excluding hydrogens is 432 g/mol. The smallest absolute Gasteiger partial charge is 0.273 e. The van der Waals surface area contributed by atoms with Crippen molar-refractivity contribution >= 4 is 39.1 Å². The van der Waals surface area contributed by atoms with Gasteiger partial charge in [-0.1, -0.05) is 0 Å². The van der Waals surface area contributed by atoms with E-state index < -0.39 is 15.9 Å². The number of nitrogens with two attached hydrogens (primary N) is 1. The molecule has 0 spiro atoms. The molecule has 2 heterocycles. The summed E-state index contributed by atoms with van der Waals surface area (Å²) in [6, 6.07) is 8.05. The second-order valence-corrected chi connectivity index (χ2v) is 10.6. The molecule has 2 saturated carbocycles. The molecular formula is C20H26N8O3S. The second kappa shape index (κ2) is 8.17. The van der Waals surface area contributed by atoms with E-state index in [1.807, 2.05) is 24.3 Å². The van der Waals surface area contributed by atoms with Crippen molar-refractivity contribution in [1.29, 1.82) is 0 Å². The monoisotopic (exact) mass is 458 g/mol. The van der Waals surface area contributed by atoms with Crippen LogP contribution in [0, 0.1) is 0 Å². The van der Waals surface area contributed by atoms with Gasteiger partial charge in [-0.3, -0.25) is 4.79 Å². The van der Waals surface area contributed by atoms with Crippen molar-refractivity contribution in [3.63, 3.8) is 0 Å². The van der Waals surface area contributed by atoms with Crippen molar-refractivity contribution in [1.82, 2.24) is 19.5 Å². The highest BCUT2D eigenvalue weighted by atomic mass is 32.2. The Hall–Kier alpha value is -2.99. The lowest BCUT2D eigenvalue weighted by Crippen LogP contribution is -2.49. The highest BCUT2D eigenvalue weighted by Gasteiger charge is 2.40. The Morgan fingerprint density at radius 1 is 1.00 bits per heavy atom. The first-order chi connectivity index (χ1) is 15.4. The van der Waals surface area contributed by atoms with Crippen LogP contribution in [0.1, 0.15) is 36.2 Å². The molecule has 12 heteroatoms. The number of amides is 1. The molecule has 2 aliphatic carbocycles. The van der Waals surface area contributed by atoms with Crippen LogP contribution in [0.5, 0.6) is 0 Å². The number of primary amides is 1. The number of hydrogen-bond acceptors (Lipinski definition) is 9. The number of sulfonamides is 1. The van der Waals surface area contributed by atoms with Gasteiger partial charge in [0, 0.05) is 43.6 Å². The van der Waals surface area contributed by atoms with Crippen LogP contribution in [0.3, 0.4) is 0 Å². The van der Waals surface area contributed by atoms with Gasteiger partial charge >= 0.3 is 0 Å². The maximum atomic E-state index is 12.4. The van der Waals surface area contributed by atoms with Gasteiger partial charge in [-0.25, -0.2) is 8.42 Å². The SMILES string of the molecule is NC(=O)c1nnc(Nc2ccc(N3CCN(S(=O)(=O)C4CC4)CC3)cc2)nc1NC1CC1. The van der Waals surface area contributed by atoms with Gasteiger partial charge in [0.1, 0.15) is 0 Å². The van der Waals surface area contributed by atoms with Crippen molar-refractivity contribution in [2.24, 2.45) is 5.73 Å². The Morgan fingerprint density at radius 3 is 2.28 bits per heavy atom. The molecule has 11 nitrogen and oxygen atoms in total. The average molecular weight is 459 g/mol. The third-order valence-corrected chi connectivity index (χ3v) is 8.27. The third-order valence-electron chi connectivity index (χ3n) is 5.87. The minimum atomic E-state index is -3.11. The Kier molecular flexibility index (Phi) is 5.33.